The lowest BCUT2D eigenvalue weighted by Crippen LogP contribution is -2.49. The number of amides is 1. The molecule has 1 N–H and O–H groups in total. The molecule has 1 fully saturated rings. The Labute approximate surface area is 114 Å². The number of hydrogen-bond acceptors (Lipinski definition) is 4. The van der Waals surface area contributed by atoms with Crippen molar-refractivity contribution in [1.29, 1.82) is 0 Å². The number of carbonyl (C=O) groups excluding carboxylic acids is 1. The molecule has 0 saturated carbocycles. The minimum Gasteiger partial charge on any atom is -0.372 e. The summed E-state index contributed by atoms with van der Waals surface area (Å²) in [5.41, 5.74) is 0.423. The van der Waals surface area contributed by atoms with Gasteiger partial charge in [-0.05, 0) is 37.3 Å². The topological polar surface area (TPSA) is 58.1 Å². The van der Waals surface area contributed by atoms with Gasteiger partial charge in [0.1, 0.15) is 5.82 Å². The summed E-state index contributed by atoms with van der Waals surface area (Å²) in [5.74, 6) is 1.72. The van der Waals surface area contributed by atoms with E-state index in [-0.39, 0.29) is 11.9 Å². The second-order valence-electron chi connectivity index (χ2n) is 5.57. The lowest BCUT2D eigenvalue weighted by Gasteiger charge is -2.40. The second kappa shape index (κ2) is 5.55. The molecule has 1 aromatic rings. The van der Waals surface area contributed by atoms with E-state index in [0.717, 1.165) is 6.54 Å². The van der Waals surface area contributed by atoms with Crippen molar-refractivity contribution in [1.82, 2.24) is 15.1 Å². The lowest BCUT2D eigenvalue weighted by atomic mass is 9.86. The SMILES string of the molecule is CNc1ccc(C(=O)N2CC(C)CC(C)C2C)nn1. The first-order valence-electron chi connectivity index (χ1n) is 6.85. The smallest absolute Gasteiger partial charge is 0.274 e. The number of piperidine rings is 1. The summed E-state index contributed by atoms with van der Waals surface area (Å²) in [5, 5.41) is 10.9. The van der Waals surface area contributed by atoms with Crippen LogP contribution in [0, 0.1) is 11.8 Å². The first-order valence-corrected chi connectivity index (χ1v) is 6.85. The molecule has 0 radical (unpaired) electrons. The zero-order chi connectivity index (χ0) is 14.0. The van der Waals surface area contributed by atoms with Crippen molar-refractivity contribution in [2.45, 2.75) is 33.2 Å². The normalized spacial score (nSPS) is 27.2. The van der Waals surface area contributed by atoms with Gasteiger partial charge in [-0.3, -0.25) is 4.79 Å². The Morgan fingerprint density at radius 3 is 2.63 bits per heavy atom. The molecule has 2 heterocycles. The van der Waals surface area contributed by atoms with Crippen LogP contribution in [0.15, 0.2) is 12.1 Å². The number of likely N-dealkylation sites (tertiary alicyclic amines) is 1. The monoisotopic (exact) mass is 262 g/mol. The standard InChI is InChI=1S/C14H22N4O/c1-9-7-10(2)11(3)18(8-9)14(19)12-5-6-13(15-4)17-16-12/h5-6,9-11H,7-8H2,1-4H3,(H,15,17). The van der Waals surface area contributed by atoms with Crippen molar-refractivity contribution in [3.8, 4) is 0 Å². The van der Waals surface area contributed by atoms with Crippen molar-refractivity contribution in [2.75, 3.05) is 18.9 Å². The van der Waals surface area contributed by atoms with Crippen LogP contribution >= 0.6 is 0 Å². The van der Waals surface area contributed by atoms with Crippen LogP contribution in [0.3, 0.4) is 0 Å². The fourth-order valence-corrected chi connectivity index (χ4v) is 2.71. The summed E-state index contributed by atoms with van der Waals surface area (Å²) < 4.78 is 0. The average molecular weight is 262 g/mol. The molecule has 1 saturated heterocycles. The molecule has 104 valence electrons. The maximum Gasteiger partial charge on any atom is 0.274 e. The first-order chi connectivity index (χ1) is 9.02. The number of anilines is 1. The minimum atomic E-state index is -0.0129. The zero-order valence-corrected chi connectivity index (χ0v) is 12.1. The van der Waals surface area contributed by atoms with Gasteiger partial charge in [-0.15, -0.1) is 10.2 Å². The van der Waals surface area contributed by atoms with Gasteiger partial charge in [0.05, 0.1) is 0 Å². The number of nitrogens with zero attached hydrogens (tertiary/aromatic N) is 3. The van der Waals surface area contributed by atoms with Crippen molar-refractivity contribution in [3.63, 3.8) is 0 Å². The highest BCUT2D eigenvalue weighted by Gasteiger charge is 2.32. The van der Waals surface area contributed by atoms with E-state index >= 15 is 0 Å². The maximum absolute atomic E-state index is 12.5. The summed E-state index contributed by atoms with van der Waals surface area (Å²) in [4.78, 5) is 14.4. The molecule has 5 heteroatoms. The fourth-order valence-electron chi connectivity index (χ4n) is 2.71. The predicted molar refractivity (Wildman–Crippen MR) is 75.0 cm³/mol. The summed E-state index contributed by atoms with van der Waals surface area (Å²) in [6.07, 6.45) is 1.18. The van der Waals surface area contributed by atoms with Gasteiger partial charge in [0.2, 0.25) is 0 Å². The van der Waals surface area contributed by atoms with E-state index in [4.69, 9.17) is 0 Å². The average Bonchev–Trinajstić information content (AvgIpc) is 2.42. The molecule has 2 rings (SSSR count). The third-order valence-corrected chi connectivity index (χ3v) is 4.00. The van der Waals surface area contributed by atoms with Gasteiger partial charge in [0, 0.05) is 19.6 Å². The molecule has 0 aliphatic carbocycles. The Bertz CT molecular complexity index is 445. The molecular formula is C14H22N4O. The number of aromatic nitrogens is 2. The molecule has 1 aliphatic heterocycles. The van der Waals surface area contributed by atoms with E-state index in [1.165, 1.54) is 6.42 Å². The van der Waals surface area contributed by atoms with E-state index in [2.05, 4.69) is 36.3 Å². The summed E-state index contributed by atoms with van der Waals surface area (Å²) in [7, 11) is 1.78. The molecule has 0 bridgehead atoms. The quantitative estimate of drug-likeness (QED) is 0.886. The van der Waals surface area contributed by atoms with E-state index in [0.29, 0.717) is 23.3 Å². The molecule has 1 aromatic heterocycles. The Kier molecular flexibility index (Phi) is 4.02. The molecule has 0 aromatic carbocycles. The molecule has 1 aliphatic rings. The third kappa shape index (κ3) is 2.85. The van der Waals surface area contributed by atoms with Gasteiger partial charge >= 0.3 is 0 Å². The highest BCUT2D eigenvalue weighted by molar-refractivity contribution is 5.92. The number of rotatable bonds is 2. The Hall–Kier alpha value is -1.65. The summed E-state index contributed by atoms with van der Waals surface area (Å²) in [6, 6.07) is 3.77. The molecule has 3 atom stereocenters. The maximum atomic E-state index is 12.5. The summed E-state index contributed by atoms with van der Waals surface area (Å²) in [6.45, 7) is 7.32. The Morgan fingerprint density at radius 1 is 1.32 bits per heavy atom. The summed E-state index contributed by atoms with van der Waals surface area (Å²) >= 11 is 0. The van der Waals surface area contributed by atoms with Gasteiger partial charge in [-0.25, -0.2) is 0 Å². The molecular weight excluding hydrogens is 240 g/mol. The Morgan fingerprint density at radius 2 is 2.05 bits per heavy atom. The van der Waals surface area contributed by atoms with Crippen LogP contribution in [-0.4, -0.2) is 40.6 Å². The molecule has 19 heavy (non-hydrogen) atoms. The van der Waals surface area contributed by atoms with Crippen LogP contribution in [0.5, 0.6) is 0 Å². The van der Waals surface area contributed by atoms with Crippen molar-refractivity contribution in [3.05, 3.63) is 17.8 Å². The molecule has 0 spiro atoms. The highest BCUT2D eigenvalue weighted by Crippen LogP contribution is 2.27. The molecule has 5 nitrogen and oxygen atoms in total. The lowest BCUT2D eigenvalue weighted by molar-refractivity contribution is 0.0449. The fraction of sp³-hybridized carbons (Fsp3) is 0.643. The van der Waals surface area contributed by atoms with E-state index in [1.54, 1.807) is 19.2 Å². The largest absolute Gasteiger partial charge is 0.372 e. The van der Waals surface area contributed by atoms with E-state index in [9.17, 15) is 4.79 Å². The van der Waals surface area contributed by atoms with Gasteiger partial charge in [-0.2, -0.15) is 0 Å². The van der Waals surface area contributed by atoms with Crippen molar-refractivity contribution < 1.29 is 4.79 Å². The number of carbonyl (C=O) groups is 1. The molecule has 3 unspecified atom stereocenters. The van der Waals surface area contributed by atoms with Gasteiger partial charge in [0.25, 0.3) is 5.91 Å². The van der Waals surface area contributed by atoms with Crippen molar-refractivity contribution in [2.24, 2.45) is 11.8 Å². The van der Waals surface area contributed by atoms with Crippen LogP contribution < -0.4 is 5.32 Å². The number of nitrogens with one attached hydrogen (secondary N) is 1. The highest BCUT2D eigenvalue weighted by atomic mass is 16.2. The van der Waals surface area contributed by atoms with Crippen LogP contribution in [0.4, 0.5) is 5.82 Å². The van der Waals surface area contributed by atoms with Crippen LogP contribution in [0.2, 0.25) is 0 Å². The predicted octanol–water partition coefficient (Wildman–Crippen LogP) is 2.02. The van der Waals surface area contributed by atoms with Crippen LogP contribution in [-0.2, 0) is 0 Å². The van der Waals surface area contributed by atoms with Gasteiger partial charge < -0.3 is 10.2 Å². The minimum absolute atomic E-state index is 0.0129. The van der Waals surface area contributed by atoms with Gasteiger partial charge in [0.15, 0.2) is 5.69 Å². The third-order valence-electron chi connectivity index (χ3n) is 4.00. The first kappa shape index (κ1) is 13.8. The Balaban J connectivity index is 2.17. The van der Waals surface area contributed by atoms with E-state index in [1.807, 2.05) is 4.90 Å². The zero-order valence-electron chi connectivity index (χ0n) is 12.1. The van der Waals surface area contributed by atoms with Crippen LogP contribution in [0.1, 0.15) is 37.7 Å². The number of hydrogen-bond donors (Lipinski definition) is 1. The van der Waals surface area contributed by atoms with Gasteiger partial charge in [-0.1, -0.05) is 13.8 Å². The van der Waals surface area contributed by atoms with Crippen LogP contribution in [0.25, 0.3) is 0 Å². The molecule has 1 amide bonds. The second-order valence-corrected chi connectivity index (χ2v) is 5.57. The van der Waals surface area contributed by atoms with Crippen molar-refractivity contribution >= 4 is 11.7 Å². The van der Waals surface area contributed by atoms with E-state index < -0.39 is 0 Å².